The summed E-state index contributed by atoms with van der Waals surface area (Å²) in [5.41, 5.74) is 3.67. The summed E-state index contributed by atoms with van der Waals surface area (Å²) in [5, 5.41) is 21.0. The lowest BCUT2D eigenvalue weighted by atomic mass is 10.0. The Balaban J connectivity index is 1.65. The van der Waals surface area contributed by atoms with Crippen LogP contribution in [0.4, 0.5) is 0 Å². The second kappa shape index (κ2) is 10.7. The maximum absolute atomic E-state index is 9.71. The molecule has 0 unspecified atom stereocenters. The largest absolute Gasteiger partial charge is 0.490 e. The van der Waals surface area contributed by atoms with E-state index in [0.717, 1.165) is 26.5 Å². The lowest BCUT2D eigenvalue weighted by Gasteiger charge is -2.16. The molecule has 4 rings (SSSR count). The van der Waals surface area contributed by atoms with E-state index in [-0.39, 0.29) is 0 Å². The summed E-state index contributed by atoms with van der Waals surface area (Å²) in [7, 11) is 0. The molecule has 0 atom stereocenters. The van der Waals surface area contributed by atoms with Crippen LogP contribution in [0.3, 0.4) is 0 Å². The summed E-state index contributed by atoms with van der Waals surface area (Å²) in [6.45, 7) is 2.79. The second-order valence-electron chi connectivity index (χ2n) is 7.55. The van der Waals surface area contributed by atoms with E-state index in [2.05, 4.69) is 52.3 Å². The van der Waals surface area contributed by atoms with E-state index in [0.29, 0.717) is 35.8 Å². The predicted octanol–water partition coefficient (Wildman–Crippen LogP) is 7.52. The molecule has 5 heteroatoms. The molecule has 0 heterocycles. The van der Waals surface area contributed by atoms with Crippen molar-refractivity contribution < 1.29 is 9.47 Å². The molecule has 0 saturated carbocycles. The molecule has 166 valence electrons. The summed E-state index contributed by atoms with van der Waals surface area (Å²) in [6.07, 6.45) is 1.79. The van der Waals surface area contributed by atoms with Crippen LogP contribution in [0.15, 0.2) is 83.3 Å². The van der Waals surface area contributed by atoms with Gasteiger partial charge in [0.25, 0.3) is 0 Å². The first kappa shape index (κ1) is 23.1. The van der Waals surface area contributed by atoms with Crippen LogP contribution < -0.4 is 9.47 Å². The number of hydrogen-bond donors (Lipinski definition) is 0. The van der Waals surface area contributed by atoms with Crippen molar-refractivity contribution in [3.8, 4) is 23.6 Å². The minimum Gasteiger partial charge on any atom is -0.490 e. The van der Waals surface area contributed by atoms with Crippen molar-refractivity contribution in [3.05, 3.63) is 106 Å². The number of benzene rings is 4. The number of nitrogens with zero attached hydrogens (tertiary/aromatic N) is 2. The van der Waals surface area contributed by atoms with Crippen LogP contribution in [-0.4, -0.2) is 6.61 Å². The normalized spacial score (nSPS) is 11.0. The fourth-order valence-electron chi connectivity index (χ4n) is 3.71. The Labute approximate surface area is 207 Å². The molecular weight excluding hydrogens is 488 g/mol. The molecule has 0 aliphatic rings. The highest BCUT2D eigenvalue weighted by Gasteiger charge is 2.14. The molecule has 34 heavy (non-hydrogen) atoms. The van der Waals surface area contributed by atoms with Crippen molar-refractivity contribution in [2.75, 3.05) is 6.61 Å². The van der Waals surface area contributed by atoms with Crippen molar-refractivity contribution >= 4 is 38.4 Å². The second-order valence-corrected chi connectivity index (χ2v) is 8.40. The Morgan fingerprint density at radius 2 is 1.71 bits per heavy atom. The van der Waals surface area contributed by atoms with Crippen molar-refractivity contribution in [3.63, 3.8) is 0 Å². The summed E-state index contributed by atoms with van der Waals surface area (Å²) in [4.78, 5) is 0. The van der Waals surface area contributed by atoms with Gasteiger partial charge >= 0.3 is 0 Å². The van der Waals surface area contributed by atoms with Crippen molar-refractivity contribution in [2.45, 2.75) is 13.5 Å². The highest BCUT2D eigenvalue weighted by atomic mass is 79.9. The molecule has 0 bridgehead atoms. The molecule has 0 spiro atoms. The number of allylic oxidation sites excluding steroid dienone is 1. The van der Waals surface area contributed by atoms with Crippen molar-refractivity contribution in [2.24, 2.45) is 0 Å². The lowest BCUT2D eigenvalue weighted by Crippen LogP contribution is -2.01. The highest BCUT2D eigenvalue weighted by Crippen LogP contribution is 2.38. The van der Waals surface area contributed by atoms with E-state index in [9.17, 15) is 5.26 Å². The maximum Gasteiger partial charge on any atom is 0.175 e. The number of fused-ring (bicyclic) bond motifs is 1. The Kier molecular flexibility index (Phi) is 7.28. The minimum absolute atomic E-state index is 0.393. The third-order valence-corrected chi connectivity index (χ3v) is 5.93. The Hall–Kier alpha value is -4.06. The van der Waals surface area contributed by atoms with Gasteiger partial charge in [0.1, 0.15) is 6.61 Å². The predicted molar refractivity (Wildman–Crippen MR) is 138 cm³/mol. The van der Waals surface area contributed by atoms with Gasteiger partial charge in [-0.1, -0.05) is 54.6 Å². The number of ether oxygens (including phenoxy) is 2. The van der Waals surface area contributed by atoms with Gasteiger partial charge in [-0.2, -0.15) is 10.5 Å². The maximum atomic E-state index is 9.71. The molecule has 4 nitrogen and oxygen atoms in total. The third-order valence-electron chi connectivity index (χ3n) is 5.34. The SMILES string of the molecule is CCOc1cc(/C=C(/C#N)c2ccc(C#N)cc2)cc(Br)c1OCc1cccc2ccccc12. The first-order chi connectivity index (χ1) is 16.6. The lowest BCUT2D eigenvalue weighted by molar-refractivity contribution is 0.268. The standard InChI is InChI=1S/C29H21BrN2O2/c1-2-33-28-16-21(14-25(18-32)22-12-10-20(17-31)11-13-22)15-27(30)29(28)34-19-24-8-5-7-23-6-3-4-9-26(23)24/h3-16H,2,19H2,1H3/b25-14-. The van der Waals surface area contributed by atoms with Gasteiger partial charge in [0.15, 0.2) is 11.5 Å². The van der Waals surface area contributed by atoms with E-state index >= 15 is 0 Å². The van der Waals surface area contributed by atoms with E-state index in [1.165, 1.54) is 5.39 Å². The minimum atomic E-state index is 0.393. The van der Waals surface area contributed by atoms with Gasteiger partial charge in [0.05, 0.1) is 34.4 Å². The fourth-order valence-corrected chi connectivity index (χ4v) is 4.29. The number of halogens is 1. The summed E-state index contributed by atoms with van der Waals surface area (Å²) >= 11 is 3.63. The van der Waals surface area contributed by atoms with Crippen LogP contribution in [-0.2, 0) is 6.61 Å². The molecule has 0 saturated heterocycles. The average molecular weight is 509 g/mol. The zero-order valence-electron chi connectivity index (χ0n) is 18.6. The molecule has 0 radical (unpaired) electrons. The van der Waals surface area contributed by atoms with Gasteiger partial charge in [0, 0.05) is 0 Å². The number of hydrogen-bond acceptors (Lipinski definition) is 4. The van der Waals surface area contributed by atoms with Crippen LogP contribution in [0, 0.1) is 22.7 Å². The van der Waals surface area contributed by atoms with Crippen LogP contribution in [0.25, 0.3) is 22.4 Å². The third kappa shape index (κ3) is 5.12. The smallest absolute Gasteiger partial charge is 0.175 e. The monoisotopic (exact) mass is 508 g/mol. The summed E-state index contributed by atoms with van der Waals surface area (Å²) < 4.78 is 12.8. The molecule has 0 amide bonds. The molecule has 0 N–H and O–H groups in total. The van der Waals surface area contributed by atoms with E-state index in [1.54, 1.807) is 30.3 Å². The van der Waals surface area contributed by atoms with E-state index in [4.69, 9.17) is 14.7 Å². The van der Waals surface area contributed by atoms with Gasteiger partial charge in [-0.3, -0.25) is 0 Å². The quantitative estimate of drug-likeness (QED) is 0.191. The van der Waals surface area contributed by atoms with Gasteiger partial charge in [-0.25, -0.2) is 0 Å². The van der Waals surface area contributed by atoms with Crippen LogP contribution in [0.5, 0.6) is 11.5 Å². The molecule has 4 aromatic rings. The Morgan fingerprint density at radius 3 is 2.44 bits per heavy atom. The van der Waals surface area contributed by atoms with Crippen LogP contribution >= 0.6 is 15.9 Å². The zero-order chi connectivity index (χ0) is 23.9. The zero-order valence-corrected chi connectivity index (χ0v) is 20.2. The van der Waals surface area contributed by atoms with Gasteiger partial charge in [-0.05, 0) is 80.7 Å². The van der Waals surface area contributed by atoms with E-state index < -0.39 is 0 Å². The Bertz CT molecular complexity index is 1440. The molecule has 0 fully saturated rings. The van der Waals surface area contributed by atoms with E-state index in [1.807, 2.05) is 37.3 Å². The highest BCUT2D eigenvalue weighted by molar-refractivity contribution is 9.10. The summed E-state index contributed by atoms with van der Waals surface area (Å²) in [5.74, 6) is 1.21. The molecule has 0 aromatic heterocycles. The summed E-state index contributed by atoms with van der Waals surface area (Å²) in [6, 6.07) is 29.4. The fraction of sp³-hybridized carbons (Fsp3) is 0.103. The first-order valence-electron chi connectivity index (χ1n) is 10.8. The molecule has 0 aliphatic carbocycles. The van der Waals surface area contributed by atoms with Gasteiger partial charge < -0.3 is 9.47 Å². The Morgan fingerprint density at radius 1 is 0.941 bits per heavy atom. The van der Waals surface area contributed by atoms with Crippen LogP contribution in [0.2, 0.25) is 0 Å². The molecule has 4 aromatic carbocycles. The van der Waals surface area contributed by atoms with Crippen molar-refractivity contribution in [1.29, 1.82) is 10.5 Å². The van der Waals surface area contributed by atoms with Gasteiger partial charge in [0.2, 0.25) is 0 Å². The first-order valence-corrected chi connectivity index (χ1v) is 11.6. The number of rotatable bonds is 7. The van der Waals surface area contributed by atoms with Crippen LogP contribution in [0.1, 0.15) is 29.2 Å². The van der Waals surface area contributed by atoms with Crippen molar-refractivity contribution in [1.82, 2.24) is 0 Å². The average Bonchev–Trinajstić information content (AvgIpc) is 2.87. The topological polar surface area (TPSA) is 66.0 Å². The van der Waals surface area contributed by atoms with Gasteiger partial charge in [-0.15, -0.1) is 0 Å². The molecule has 0 aliphatic heterocycles. The number of nitriles is 2. The molecular formula is C29H21BrN2O2.